The van der Waals surface area contributed by atoms with Crippen molar-refractivity contribution in [1.82, 2.24) is 4.68 Å². The number of rotatable bonds is 5. The SMILES string of the molecule is C=C(C)CN=c1scc(-c2ccccc2F)n1N=Cc1ccccc1. The number of nitrogens with zero attached hydrogens (tertiary/aromatic N) is 3. The predicted molar refractivity (Wildman–Crippen MR) is 102 cm³/mol. The van der Waals surface area contributed by atoms with Crippen LogP contribution < -0.4 is 4.80 Å². The van der Waals surface area contributed by atoms with Gasteiger partial charge in [0.2, 0.25) is 4.80 Å². The molecule has 0 spiro atoms. The average molecular weight is 351 g/mol. The van der Waals surface area contributed by atoms with Crippen molar-refractivity contribution < 1.29 is 4.39 Å². The van der Waals surface area contributed by atoms with Gasteiger partial charge in [-0.2, -0.15) is 5.10 Å². The third-order valence-corrected chi connectivity index (χ3v) is 4.30. The molecule has 0 aliphatic rings. The van der Waals surface area contributed by atoms with Gasteiger partial charge < -0.3 is 0 Å². The summed E-state index contributed by atoms with van der Waals surface area (Å²) < 4.78 is 15.9. The minimum Gasteiger partial charge on any atom is -0.253 e. The molecule has 25 heavy (non-hydrogen) atoms. The van der Waals surface area contributed by atoms with Crippen LogP contribution in [0.1, 0.15) is 12.5 Å². The second kappa shape index (κ2) is 7.85. The quantitative estimate of drug-likeness (QED) is 0.470. The van der Waals surface area contributed by atoms with Gasteiger partial charge in [-0.05, 0) is 24.6 Å². The Bertz CT molecular complexity index is 968. The topological polar surface area (TPSA) is 29.6 Å². The summed E-state index contributed by atoms with van der Waals surface area (Å²) in [6, 6.07) is 16.5. The van der Waals surface area contributed by atoms with Crippen LogP contribution in [0.5, 0.6) is 0 Å². The molecule has 0 unspecified atom stereocenters. The number of halogens is 1. The molecule has 126 valence electrons. The van der Waals surface area contributed by atoms with E-state index < -0.39 is 0 Å². The highest BCUT2D eigenvalue weighted by atomic mass is 32.1. The summed E-state index contributed by atoms with van der Waals surface area (Å²) in [5.74, 6) is -0.282. The summed E-state index contributed by atoms with van der Waals surface area (Å²) in [4.78, 5) is 5.24. The first-order valence-corrected chi connectivity index (χ1v) is 8.73. The van der Waals surface area contributed by atoms with Gasteiger partial charge in [-0.1, -0.05) is 54.6 Å². The Kier molecular flexibility index (Phi) is 5.36. The van der Waals surface area contributed by atoms with Crippen molar-refractivity contribution in [1.29, 1.82) is 0 Å². The third kappa shape index (κ3) is 4.19. The molecule has 0 radical (unpaired) electrons. The smallest absolute Gasteiger partial charge is 0.206 e. The van der Waals surface area contributed by atoms with E-state index in [2.05, 4.69) is 16.7 Å². The zero-order valence-electron chi connectivity index (χ0n) is 13.9. The molecule has 0 N–H and O–H groups in total. The number of aromatic nitrogens is 1. The van der Waals surface area contributed by atoms with Crippen LogP contribution in [0.2, 0.25) is 0 Å². The van der Waals surface area contributed by atoms with E-state index in [0.717, 1.165) is 11.1 Å². The van der Waals surface area contributed by atoms with Crippen molar-refractivity contribution >= 4 is 17.6 Å². The maximum atomic E-state index is 14.2. The van der Waals surface area contributed by atoms with E-state index in [1.807, 2.05) is 48.7 Å². The molecule has 0 bridgehead atoms. The Labute approximate surface area is 150 Å². The van der Waals surface area contributed by atoms with Gasteiger partial charge in [0.1, 0.15) is 5.82 Å². The van der Waals surface area contributed by atoms with Gasteiger partial charge in [0.25, 0.3) is 0 Å². The lowest BCUT2D eigenvalue weighted by molar-refractivity contribution is 0.629. The van der Waals surface area contributed by atoms with Gasteiger partial charge >= 0.3 is 0 Å². The largest absolute Gasteiger partial charge is 0.253 e. The highest BCUT2D eigenvalue weighted by molar-refractivity contribution is 7.07. The predicted octanol–water partition coefficient (Wildman–Crippen LogP) is 4.71. The van der Waals surface area contributed by atoms with Crippen LogP contribution >= 0.6 is 11.3 Å². The third-order valence-electron chi connectivity index (χ3n) is 3.44. The molecule has 3 nitrogen and oxygen atoms in total. The second-order valence-corrected chi connectivity index (χ2v) is 6.46. The van der Waals surface area contributed by atoms with E-state index in [-0.39, 0.29) is 5.82 Å². The number of benzene rings is 2. The Morgan fingerprint density at radius 1 is 1.16 bits per heavy atom. The van der Waals surface area contributed by atoms with Crippen LogP contribution in [0.25, 0.3) is 11.3 Å². The molecule has 1 heterocycles. The molecule has 3 aromatic rings. The maximum absolute atomic E-state index is 14.2. The zero-order chi connectivity index (χ0) is 17.6. The molecule has 5 heteroatoms. The molecule has 0 saturated heterocycles. The highest BCUT2D eigenvalue weighted by Crippen LogP contribution is 2.23. The first kappa shape index (κ1) is 17.0. The van der Waals surface area contributed by atoms with Crippen molar-refractivity contribution in [3.05, 3.63) is 88.3 Å². The molecule has 0 aliphatic carbocycles. The summed E-state index contributed by atoms with van der Waals surface area (Å²) in [5.41, 5.74) is 3.10. The normalized spacial score (nSPS) is 12.0. The molecule has 0 amide bonds. The van der Waals surface area contributed by atoms with Gasteiger partial charge in [-0.25, -0.2) is 9.07 Å². The summed E-state index contributed by atoms with van der Waals surface area (Å²) in [7, 11) is 0. The maximum Gasteiger partial charge on any atom is 0.206 e. The Morgan fingerprint density at radius 3 is 2.60 bits per heavy atom. The first-order valence-electron chi connectivity index (χ1n) is 7.85. The van der Waals surface area contributed by atoms with Gasteiger partial charge in [0.05, 0.1) is 18.5 Å². The second-order valence-electron chi connectivity index (χ2n) is 5.62. The summed E-state index contributed by atoms with van der Waals surface area (Å²) in [5, 5.41) is 6.42. The monoisotopic (exact) mass is 351 g/mol. The zero-order valence-corrected chi connectivity index (χ0v) is 14.7. The van der Waals surface area contributed by atoms with E-state index in [1.165, 1.54) is 17.4 Å². The van der Waals surface area contributed by atoms with Crippen molar-refractivity contribution in [2.75, 3.05) is 6.54 Å². The molecular weight excluding hydrogens is 333 g/mol. The molecule has 0 aliphatic heterocycles. The van der Waals surface area contributed by atoms with E-state index in [9.17, 15) is 4.39 Å². The fourth-order valence-electron chi connectivity index (χ4n) is 2.24. The van der Waals surface area contributed by atoms with Crippen molar-refractivity contribution in [2.45, 2.75) is 6.92 Å². The number of thiazole rings is 1. The lowest BCUT2D eigenvalue weighted by atomic mass is 10.1. The lowest BCUT2D eigenvalue weighted by Crippen LogP contribution is -2.13. The van der Waals surface area contributed by atoms with Gasteiger partial charge in [-0.3, -0.25) is 4.99 Å². The van der Waals surface area contributed by atoms with Gasteiger partial charge in [0.15, 0.2) is 0 Å². The van der Waals surface area contributed by atoms with Crippen LogP contribution in [0.4, 0.5) is 4.39 Å². The van der Waals surface area contributed by atoms with E-state index in [1.54, 1.807) is 23.0 Å². The summed E-state index contributed by atoms with van der Waals surface area (Å²) in [6.45, 7) is 6.31. The van der Waals surface area contributed by atoms with E-state index in [4.69, 9.17) is 0 Å². The number of hydrogen-bond acceptors (Lipinski definition) is 3. The minimum absolute atomic E-state index is 0.282. The summed E-state index contributed by atoms with van der Waals surface area (Å²) >= 11 is 1.43. The molecule has 0 saturated carbocycles. The number of hydrogen-bond donors (Lipinski definition) is 0. The van der Waals surface area contributed by atoms with Crippen LogP contribution in [-0.2, 0) is 0 Å². The molecule has 3 rings (SSSR count). The van der Waals surface area contributed by atoms with Crippen LogP contribution in [-0.4, -0.2) is 17.4 Å². The van der Waals surface area contributed by atoms with Crippen molar-refractivity contribution in [3.63, 3.8) is 0 Å². The first-order chi connectivity index (χ1) is 12.1. The average Bonchev–Trinajstić information content (AvgIpc) is 3.02. The fourth-order valence-corrected chi connectivity index (χ4v) is 3.07. The molecule has 2 aromatic carbocycles. The highest BCUT2D eigenvalue weighted by Gasteiger charge is 2.11. The molecule has 0 atom stereocenters. The van der Waals surface area contributed by atoms with Crippen molar-refractivity contribution in [2.24, 2.45) is 10.1 Å². The van der Waals surface area contributed by atoms with Crippen molar-refractivity contribution in [3.8, 4) is 11.3 Å². The Morgan fingerprint density at radius 2 is 1.88 bits per heavy atom. The van der Waals surface area contributed by atoms with Crippen LogP contribution in [0, 0.1) is 5.82 Å². The van der Waals surface area contributed by atoms with Crippen LogP contribution in [0.3, 0.4) is 0 Å². The molecular formula is C20H18FN3S. The van der Waals surface area contributed by atoms with E-state index in [0.29, 0.717) is 22.6 Å². The molecule has 1 aromatic heterocycles. The fraction of sp³-hybridized carbons (Fsp3) is 0.100. The van der Waals surface area contributed by atoms with Crippen LogP contribution in [0.15, 0.2) is 82.2 Å². The van der Waals surface area contributed by atoms with Gasteiger partial charge in [-0.15, -0.1) is 11.3 Å². The Hall–Kier alpha value is -2.79. The van der Waals surface area contributed by atoms with Gasteiger partial charge in [0, 0.05) is 10.9 Å². The standard InChI is InChI=1S/C20H18FN3S/c1-15(2)12-22-20-24(23-13-16-8-4-3-5-9-16)19(14-25-20)17-10-6-7-11-18(17)21/h3-11,13-14H,1,12H2,2H3. The Balaban J connectivity index is 2.10. The minimum atomic E-state index is -0.282. The van der Waals surface area contributed by atoms with E-state index >= 15 is 0 Å². The summed E-state index contributed by atoms with van der Waals surface area (Å²) in [6.07, 6.45) is 1.75. The lowest BCUT2D eigenvalue weighted by Gasteiger charge is -2.04. The molecule has 0 fully saturated rings.